The third-order valence-electron chi connectivity index (χ3n) is 4.36. The molecule has 1 aliphatic heterocycles. The molecule has 0 saturated carbocycles. The van der Waals surface area contributed by atoms with Gasteiger partial charge >= 0.3 is 0 Å². The summed E-state index contributed by atoms with van der Waals surface area (Å²) in [4.78, 5) is 3.78. The van der Waals surface area contributed by atoms with Crippen LogP contribution in [0.5, 0.6) is 0 Å². The Labute approximate surface area is 136 Å². The molecule has 2 aromatic rings. The molecule has 2 nitrogen and oxygen atoms in total. The first-order valence-electron chi connectivity index (χ1n) is 7.71. The predicted molar refractivity (Wildman–Crippen MR) is 89.2 cm³/mol. The minimum Gasteiger partial charge on any atom is -0.360 e. The van der Waals surface area contributed by atoms with Gasteiger partial charge in [0.25, 0.3) is 0 Å². The van der Waals surface area contributed by atoms with Gasteiger partial charge in [0.2, 0.25) is 0 Å². The Morgan fingerprint density at radius 1 is 1.09 bits per heavy atom. The molecule has 1 N–H and O–H groups in total. The highest BCUT2D eigenvalue weighted by Gasteiger charge is 2.22. The molecule has 4 heteroatoms. The Balaban J connectivity index is 1.61. The van der Waals surface area contributed by atoms with Gasteiger partial charge in [-0.25, -0.2) is 4.39 Å². The summed E-state index contributed by atoms with van der Waals surface area (Å²) in [6.45, 7) is 6.74. The predicted octanol–water partition coefficient (Wildman–Crippen LogP) is 2.69. The van der Waals surface area contributed by atoms with Crippen molar-refractivity contribution >= 4 is 17.3 Å². The maximum Gasteiger partial charge on any atom is 0.133 e. The fourth-order valence-electron chi connectivity index (χ4n) is 2.96. The molecule has 0 bridgehead atoms. The van der Waals surface area contributed by atoms with Crippen LogP contribution in [0, 0.1) is 12.7 Å². The highest BCUT2D eigenvalue weighted by molar-refractivity contribution is 6.31. The molecule has 22 heavy (non-hydrogen) atoms. The topological polar surface area (TPSA) is 7.68 Å². The van der Waals surface area contributed by atoms with Crippen LogP contribution in [0.3, 0.4) is 0 Å². The second-order valence-electron chi connectivity index (χ2n) is 5.95. The number of nitrogens with zero attached hydrogens (tertiary/aromatic N) is 1. The number of aryl methyl sites for hydroxylation is 1. The summed E-state index contributed by atoms with van der Waals surface area (Å²) >= 11 is 6.12. The number of halogens is 2. The minimum atomic E-state index is -0.194. The zero-order chi connectivity index (χ0) is 15.5. The lowest BCUT2D eigenvalue weighted by atomic mass is 10.1. The molecule has 0 unspecified atom stereocenters. The molecular weight excluding hydrogens is 299 g/mol. The molecule has 1 heterocycles. The number of anilines is 1. The molecule has 0 amide bonds. The number of piperazine rings is 1. The fourth-order valence-corrected chi connectivity index (χ4v) is 3.19. The van der Waals surface area contributed by atoms with E-state index in [0.29, 0.717) is 17.1 Å². The SMILES string of the molecule is Cc1ccc(N2CC[NH+](Cc3c(F)cccc3Cl)CC2)cc1. The summed E-state index contributed by atoms with van der Waals surface area (Å²) in [7, 11) is 0. The van der Waals surface area contributed by atoms with E-state index in [0.717, 1.165) is 26.2 Å². The van der Waals surface area contributed by atoms with Crippen molar-refractivity contribution in [1.29, 1.82) is 0 Å². The van der Waals surface area contributed by atoms with E-state index in [1.807, 2.05) is 0 Å². The van der Waals surface area contributed by atoms with E-state index in [2.05, 4.69) is 36.1 Å². The molecule has 0 atom stereocenters. The molecule has 0 aliphatic carbocycles. The van der Waals surface area contributed by atoms with Crippen molar-refractivity contribution in [1.82, 2.24) is 0 Å². The Morgan fingerprint density at radius 2 is 1.77 bits per heavy atom. The molecule has 116 valence electrons. The average molecular weight is 320 g/mol. The number of hydrogen-bond donors (Lipinski definition) is 1. The summed E-state index contributed by atoms with van der Waals surface area (Å²) < 4.78 is 13.9. The highest BCUT2D eigenvalue weighted by atomic mass is 35.5. The molecule has 0 radical (unpaired) electrons. The molecule has 3 rings (SSSR count). The van der Waals surface area contributed by atoms with Gasteiger partial charge < -0.3 is 9.80 Å². The van der Waals surface area contributed by atoms with Crippen molar-refractivity contribution in [3.63, 3.8) is 0 Å². The van der Waals surface area contributed by atoms with Crippen molar-refractivity contribution < 1.29 is 9.29 Å². The number of nitrogens with one attached hydrogen (secondary N) is 1. The Morgan fingerprint density at radius 3 is 2.41 bits per heavy atom. The van der Waals surface area contributed by atoms with E-state index >= 15 is 0 Å². The third kappa shape index (κ3) is 3.42. The Bertz CT molecular complexity index is 614. The molecule has 1 aliphatic rings. The van der Waals surface area contributed by atoms with Gasteiger partial charge in [0.15, 0.2) is 0 Å². The van der Waals surface area contributed by atoms with Gasteiger partial charge in [-0.05, 0) is 31.2 Å². The van der Waals surface area contributed by atoms with Crippen LogP contribution in [-0.4, -0.2) is 26.2 Å². The lowest BCUT2D eigenvalue weighted by Crippen LogP contribution is -3.13. The lowest BCUT2D eigenvalue weighted by Gasteiger charge is -2.34. The number of quaternary nitrogens is 1. The maximum absolute atomic E-state index is 13.9. The van der Waals surface area contributed by atoms with Crippen molar-refractivity contribution in [3.8, 4) is 0 Å². The van der Waals surface area contributed by atoms with E-state index in [1.54, 1.807) is 12.1 Å². The van der Waals surface area contributed by atoms with Gasteiger partial charge in [0, 0.05) is 5.69 Å². The number of benzene rings is 2. The van der Waals surface area contributed by atoms with Crippen molar-refractivity contribution in [2.45, 2.75) is 13.5 Å². The van der Waals surface area contributed by atoms with Crippen molar-refractivity contribution in [2.75, 3.05) is 31.1 Å². The Hall–Kier alpha value is -1.58. The summed E-state index contributed by atoms with van der Waals surface area (Å²) in [5.74, 6) is -0.194. The molecule has 0 aromatic heterocycles. The van der Waals surface area contributed by atoms with Crippen molar-refractivity contribution in [2.24, 2.45) is 0 Å². The van der Waals surface area contributed by atoms with Gasteiger partial charge in [-0.1, -0.05) is 35.4 Å². The van der Waals surface area contributed by atoms with Gasteiger partial charge in [-0.3, -0.25) is 0 Å². The first-order valence-corrected chi connectivity index (χ1v) is 8.09. The van der Waals surface area contributed by atoms with Crippen LogP contribution in [0.1, 0.15) is 11.1 Å². The summed E-state index contributed by atoms with van der Waals surface area (Å²) in [5.41, 5.74) is 3.19. The van der Waals surface area contributed by atoms with E-state index < -0.39 is 0 Å². The van der Waals surface area contributed by atoms with E-state index in [9.17, 15) is 4.39 Å². The molecule has 1 saturated heterocycles. The molecule has 1 fully saturated rings. The Kier molecular flexibility index (Phi) is 4.65. The number of hydrogen-bond acceptors (Lipinski definition) is 1. The molecular formula is C18H21ClFN2+. The van der Waals surface area contributed by atoms with Crippen LogP contribution in [-0.2, 0) is 6.54 Å². The maximum atomic E-state index is 13.9. The second-order valence-corrected chi connectivity index (χ2v) is 6.36. The standard InChI is InChI=1S/C18H20ClFN2/c1-14-5-7-15(8-6-14)22-11-9-21(10-12-22)13-16-17(19)3-2-4-18(16)20/h2-8H,9-13H2,1H3/p+1. The van der Waals surface area contributed by atoms with Crippen LogP contribution in [0.2, 0.25) is 5.02 Å². The van der Waals surface area contributed by atoms with Crippen LogP contribution in [0.25, 0.3) is 0 Å². The first kappa shape index (κ1) is 15.3. The monoisotopic (exact) mass is 319 g/mol. The van der Waals surface area contributed by atoms with Gasteiger partial charge in [-0.2, -0.15) is 0 Å². The van der Waals surface area contributed by atoms with E-state index in [1.165, 1.54) is 22.2 Å². The van der Waals surface area contributed by atoms with Gasteiger partial charge in [0.05, 0.1) is 36.8 Å². The van der Waals surface area contributed by atoms with E-state index in [4.69, 9.17) is 11.6 Å². The van der Waals surface area contributed by atoms with Crippen LogP contribution in [0.4, 0.5) is 10.1 Å². The van der Waals surface area contributed by atoms with Crippen molar-refractivity contribution in [3.05, 3.63) is 64.4 Å². The summed E-state index contributed by atoms with van der Waals surface area (Å²) in [6.07, 6.45) is 0. The fraction of sp³-hybridized carbons (Fsp3) is 0.333. The molecule has 0 spiro atoms. The van der Waals surface area contributed by atoms with Crippen LogP contribution < -0.4 is 9.80 Å². The summed E-state index contributed by atoms with van der Waals surface area (Å²) in [6, 6.07) is 13.6. The molecule has 2 aromatic carbocycles. The highest BCUT2D eigenvalue weighted by Crippen LogP contribution is 2.18. The third-order valence-corrected chi connectivity index (χ3v) is 4.71. The van der Waals surface area contributed by atoms with Crippen LogP contribution >= 0.6 is 11.6 Å². The van der Waals surface area contributed by atoms with E-state index in [-0.39, 0.29) is 5.82 Å². The smallest absolute Gasteiger partial charge is 0.133 e. The number of rotatable bonds is 3. The van der Waals surface area contributed by atoms with Gasteiger partial charge in [-0.15, -0.1) is 0 Å². The zero-order valence-corrected chi connectivity index (χ0v) is 13.5. The lowest BCUT2D eigenvalue weighted by molar-refractivity contribution is -0.914. The normalized spacial score (nSPS) is 16.0. The first-order chi connectivity index (χ1) is 10.6. The minimum absolute atomic E-state index is 0.194. The van der Waals surface area contributed by atoms with Crippen LogP contribution in [0.15, 0.2) is 42.5 Å². The van der Waals surface area contributed by atoms with Gasteiger partial charge in [0.1, 0.15) is 12.4 Å². The summed E-state index contributed by atoms with van der Waals surface area (Å²) in [5, 5.41) is 0.536. The quantitative estimate of drug-likeness (QED) is 0.914. The zero-order valence-electron chi connectivity index (χ0n) is 12.8. The average Bonchev–Trinajstić information content (AvgIpc) is 2.53. The largest absolute Gasteiger partial charge is 0.360 e. The second kappa shape index (κ2) is 6.67.